The SMILES string of the molecule is Nc1nc(COC(=O)c2nc(Cl)c(Cl)c(N)c2Cl)nc(Nc2ccccc2)n1. The van der Waals surface area contributed by atoms with Gasteiger partial charge in [-0.15, -0.1) is 0 Å². The van der Waals surface area contributed by atoms with Gasteiger partial charge in [-0.25, -0.2) is 9.78 Å². The number of rotatable bonds is 5. The lowest BCUT2D eigenvalue weighted by atomic mass is 10.3. The molecule has 0 bridgehead atoms. The van der Waals surface area contributed by atoms with Crippen molar-refractivity contribution in [2.75, 3.05) is 16.8 Å². The first-order valence-corrected chi connectivity index (χ1v) is 8.78. The van der Waals surface area contributed by atoms with Gasteiger partial charge in [0.1, 0.15) is 5.02 Å². The zero-order chi connectivity index (χ0) is 20.3. The molecule has 0 aliphatic heterocycles. The number of nitrogens with zero attached hydrogens (tertiary/aromatic N) is 4. The molecule has 0 amide bonds. The first-order valence-electron chi connectivity index (χ1n) is 7.64. The van der Waals surface area contributed by atoms with Crippen molar-refractivity contribution in [2.45, 2.75) is 6.61 Å². The van der Waals surface area contributed by atoms with Crippen LogP contribution < -0.4 is 16.8 Å². The normalized spacial score (nSPS) is 10.5. The molecule has 0 radical (unpaired) electrons. The molecule has 0 atom stereocenters. The molecule has 3 aromatic rings. The Balaban J connectivity index is 1.75. The van der Waals surface area contributed by atoms with Crippen LogP contribution in [0.5, 0.6) is 0 Å². The molecule has 9 nitrogen and oxygen atoms in total. The van der Waals surface area contributed by atoms with Crippen LogP contribution in [0.3, 0.4) is 0 Å². The number of nitrogens with two attached hydrogens (primary N) is 2. The quantitative estimate of drug-likeness (QED) is 0.401. The Morgan fingerprint density at radius 3 is 2.43 bits per heavy atom. The van der Waals surface area contributed by atoms with Gasteiger partial charge in [0, 0.05) is 5.69 Å². The molecule has 0 spiro atoms. The monoisotopic (exact) mass is 439 g/mol. The molecule has 5 N–H and O–H groups in total. The number of nitrogens with one attached hydrogen (secondary N) is 1. The van der Waals surface area contributed by atoms with E-state index in [1.807, 2.05) is 30.3 Å². The Morgan fingerprint density at radius 1 is 1.00 bits per heavy atom. The fraction of sp³-hybridized carbons (Fsp3) is 0.0625. The maximum atomic E-state index is 12.3. The number of nitrogen functional groups attached to an aromatic ring is 2. The summed E-state index contributed by atoms with van der Waals surface area (Å²) in [4.78, 5) is 28.1. The summed E-state index contributed by atoms with van der Waals surface area (Å²) in [5, 5.41) is 2.58. The van der Waals surface area contributed by atoms with Gasteiger partial charge in [0.15, 0.2) is 23.3 Å². The molecule has 28 heavy (non-hydrogen) atoms. The lowest BCUT2D eigenvalue weighted by molar-refractivity contribution is 0.0455. The Hall–Kier alpha value is -2.88. The third-order valence-electron chi connectivity index (χ3n) is 3.33. The predicted octanol–water partition coefficient (Wildman–Crippen LogP) is 3.49. The van der Waals surface area contributed by atoms with E-state index in [1.54, 1.807) is 0 Å². The van der Waals surface area contributed by atoms with Crippen molar-refractivity contribution in [1.82, 2.24) is 19.9 Å². The number of esters is 1. The van der Waals surface area contributed by atoms with Crippen LogP contribution in [-0.4, -0.2) is 25.9 Å². The highest BCUT2D eigenvalue weighted by molar-refractivity contribution is 6.46. The van der Waals surface area contributed by atoms with E-state index >= 15 is 0 Å². The summed E-state index contributed by atoms with van der Waals surface area (Å²) >= 11 is 17.6. The van der Waals surface area contributed by atoms with Gasteiger partial charge in [-0.3, -0.25) is 0 Å². The molecule has 0 saturated carbocycles. The Kier molecular flexibility index (Phi) is 5.98. The Morgan fingerprint density at radius 2 is 1.71 bits per heavy atom. The van der Waals surface area contributed by atoms with Crippen molar-refractivity contribution in [3.05, 3.63) is 57.0 Å². The van der Waals surface area contributed by atoms with Crippen molar-refractivity contribution >= 4 is 64.0 Å². The van der Waals surface area contributed by atoms with Crippen LogP contribution in [0, 0.1) is 0 Å². The molecule has 0 aliphatic rings. The van der Waals surface area contributed by atoms with Gasteiger partial charge in [-0.2, -0.15) is 15.0 Å². The average Bonchev–Trinajstić information content (AvgIpc) is 2.67. The number of benzene rings is 1. The third-order valence-corrected chi connectivity index (χ3v) is 4.46. The van der Waals surface area contributed by atoms with Crippen LogP contribution in [0.2, 0.25) is 15.2 Å². The van der Waals surface area contributed by atoms with E-state index in [0.717, 1.165) is 5.69 Å². The number of ether oxygens (including phenoxy) is 1. The van der Waals surface area contributed by atoms with E-state index in [1.165, 1.54) is 0 Å². The summed E-state index contributed by atoms with van der Waals surface area (Å²) in [5.41, 5.74) is 11.8. The van der Waals surface area contributed by atoms with Crippen molar-refractivity contribution in [2.24, 2.45) is 0 Å². The van der Waals surface area contributed by atoms with Crippen LogP contribution in [0.1, 0.15) is 16.3 Å². The second kappa shape index (κ2) is 8.42. The van der Waals surface area contributed by atoms with Crippen LogP contribution >= 0.6 is 34.8 Å². The highest BCUT2D eigenvalue weighted by Crippen LogP contribution is 2.34. The maximum Gasteiger partial charge on any atom is 0.359 e. The fourth-order valence-electron chi connectivity index (χ4n) is 2.07. The molecule has 0 saturated heterocycles. The summed E-state index contributed by atoms with van der Waals surface area (Å²) in [7, 11) is 0. The van der Waals surface area contributed by atoms with Crippen LogP contribution in [0.4, 0.5) is 23.3 Å². The van der Waals surface area contributed by atoms with Crippen LogP contribution in [-0.2, 0) is 11.3 Å². The summed E-state index contributed by atoms with van der Waals surface area (Å²) in [6.45, 7) is -0.312. The van der Waals surface area contributed by atoms with Crippen molar-refractivity contribution in [3.8, 4) is 0 Å². The number of aromatic nitrogens is 4. The van der Waals surface area contributed by atoms with E-state index in [0.29, 0.717) is 0 Å². The van der Waals surface area contributed by atoms with E-state index in [2.05, 4.69) is 25.3 Å². The standard InChI is InChI=1S/C16H12Cl3N7O2/c17-9-11(20)10(18)13(19)25-12(9)14(27)28-6-8-23-15(21)26-16(24-8)22-7-4-2-1-3-5-7/h1-5H,6H2,(H2,20,25)(H3,21,22,23,24,26). The predicted molar refractivity (Wildman–Crippen MR) is 107 cm³/mol. The topological polar surface area (TPSA) is 142 Å². The molecule has 0 aliphatic carbocycles. The number of anilines is 4. The van der Waals surface area contributed by atoms with Crippen molar-refractivity contribution in [3.63, 3.8) is 0 Å². The van der Waals surface area contributed by atoms with Gasteiger partial charge in [0.05, 0.1) is 10.7 Å². The molecular formula is C16H12Cl3N7O2. The second-order valence-electron chi connectivity index (χ2n) is 5.29. The van der Waals surface area contributed by atoms with Crippen molar-refractivity contribution in [1.29, 1.82) is 0 Å². The van der Waals surface area contributed by atoms with Gasteiger partial charge >= 0.3 is 5.97 Å². The van der Waals surface area contributed by atoms with Gasteiger partial charge in [0.25, 0.3) is 0 Å². The highest BCUT2D eigenvalue weighted by atomic mass is 35.5. The van der Waals surface area contributed by atoms with Gasteiger partial charge in [-0.05, 0) is 12.1 Å². The highest BCUT2D eigenvalue weighted by Gasteiger charge is 2.21. The number of carbonyl (C=O) groups excluding carboxylic acids is 1. The van der Waals surface area contributed by atoms with E-state index < -0.39 is 5.97 Å². The van der Waals surface area contributed by atoms with E-state index in [-0.39, 0.29) is 50.9 Å². The summed E-state index contributed by atoms with van der Waals surface area (Å²) in [6.07, 6.45) is 0. The molecule has 144 valence electrons. The summed E-state index contributed by atoms with van der Waals surface area (Å²) in [5.74, 6) is -0.621. The first-order chi connectivity index (χ1) is 13.3. The largest absolute Gasteiger partial charge is 0.453 e. The molecule has 0 unspecified atom stereocenters. The average molecular weight is 441 g/mol. The molecule has 0 fully saturated rings. The fourth-order valence-corrected chi connectivity index (χ4v) is 2.66. The molecule has 12 heteroatoms. The Bertz CT molecular complexity index is 1030. The number of para-hydroxylation sites is 1. The zero-order valence-electron chi connectivity index (χ0n) is 14.0. The lowest BCUT2D eigenvalue weighted by Gasteiger charge is -2.10. The minimum atomic E-state index is -0.883. The molecule has 3 rings (SSSR count). The third kappa shape index (κ3) is 4.50. The van der Waals surface area contributed by atoms with Crippen molar-refractivity contribution < 1.29 is 9.53 Å². The first kappa shape index (κ1) is 19.9. The molecule has 2 aromatic heterocycles. The minimum absolute atomic E-state index is 0.0468. The smallest absolute Gasteiger partial charge is 0.359 e. The minimum Gasteiger partial charge on any atom is -0.453 e. The Labute approximate surface area is 174 Å². The molecule has 2 heterocycles. The number of carbonyl (C=O) groups is 1. The van der Waals surface area contributed by atoms with Gasteiger partial charge < -0.3 is 21.5 Å². The van der Waals surface area contributed by atoms with Crippen LogP contribution in [0.25, 0.3) is 0 Å². The maximum absolute atomic E-state index is 12.3. The summed E-state index contributed by atoms with van der Waals surface area (Å²) < 4.78 is 5.13. The molecular weight excluding hydrogens is 429 g/mol. The lowest BCUT2D eigenvalue weighted by Crippen LogP contribution is -2.13. The second-order valence-corrected chi connectivity index (χ2v) is 6.41. The number of pyridine rings is 1. The van der Waals surface area contributed by atoms with E-state index in [9.17, 15) is 4.79 Å². The van der Waals surface area contributed by atoms with E-state index in [4.69, 9.17) is 51.0 Å². The van der Waals surface area contributed by atoms with Gasteiger partial charge in [-0.1, -0.05) is 53.0 Å². The summed E-state index contributed by atoms with van der Waals surface area (Å²) in [6, 6.07) is 9.20. The van der Waals surface area contributed by atoms with Crippen LogP contribution in [0.15, 0.2) is 30.3 Å². The number of halogens is 3. The van der Waals surface area contributed by atoms with Gasteiger partial charge in [0.2, 0.25) is 11.9 Å². The number of hydrogen-bond acceptors (Lipinski definition) is 9. The molecule has 1 aromatic carbocycles. The zero-order valence-corrected chi connectivity index (χ0v) is 16.3. The number of hydrogen-bond donors (Lipinski definition) is 3.